The molecule has 338 valence electrons. The van der Waals surface area contributed by atoms with Gasteiger partial charge in [-0.25, -0.2) is 9.59 Å². The Morgan fingerprint density at radius 3 is 2.20 bits per heavy atom. The van der Waals surface area contributed by atoms with Crippen LogP contribution in [-0.4, -0.2) is 162 Å². The van der Waals surface area contributed by atoms with Crippen LogP contribution in [0.2, 0.25) is 0 Å². The minimum absolute atomic E-state index is 0.0230. The second-order valence-corrected chi connectivity index (χ2v) is 15.7. The van der Waals surface area contributed by atoms with Gasteiger partial charge in [-0.15, -0.1) is 0 Å². The Morgan fingerprint density at radius 2 is 1.52 bits per heavy atom. The number of carbonyl (C=O) groups excluding carboxylic acids is 2. The van der Waals surface area contributed by atoms with E-state index in [4.69, 9.17) is 42.6 Å². The number of esters is 1. The number of anilines is 1. The summed E-state index contributed by atoms with van der Waals surface area (Å²) in [5, 5.41) is 67.1. The summed E-state index contributed by atoms with van der Waals surface area (Å²) in [4.78, 5) is 40.5. The molecule has 4 fully saturated rings. The fraction of sp³-hybridized carbons (Fsp3) is 0.643. The van der Waals surface area contributed by atoms with Gasteiger partial charge < -0.3 is 78.6 Å². The number of aliphatic hydroxyl groups is 5. The van der Waals surface area contributed by atoms with Crippen molar-refractivity contribution in [3.8, 4) is 11.5 Å². The molecule has 0 bridgehead atoms. The van der Waals surface area contributed by atoms with E-state index < -0.39 is 110 Å². The third-order valence-corrected chi connectivity index (χ3v) is 11.6. The van der Waals surface area contributed by atoms with E-state index in [-0.39, 0.29) is 36.6 Å². The molecule has 3 heterocycles. The number of benzene rings is 2. The fourth-order valence-corrected chi connectivity index (χ4v) is 8.20. The third kappa shape index (κ3) is 11.2. The largest absolute Gasteiger partial charge is 0.493 e. The van der Waals surface area contributed by atoms with Crippen LogP contribution >= 0.6 is 0 Å². The van der Waals surface area contributed by atoms with Crippen LogP contribution in [-0.2, 0) is 42.7 Å². The molecule has 4 aliphatic rings. The average Bonchev–Trinajstić information content (AvgIpc) is 3.27. The summed E-state index contributed by atoms with van der Waals surface area (Å²) in [7, 11) is 2.88. The third-order valence-electron chi connectivity index (χ3n) is 11.6. The Hall–Kier alpha value is -3.99. The molecule has 14 atom stereocenters. The number of nitrogens with one attached hydrogen (secondary N) is 1. The minimum Gasteiger partial charge on any atom is -0.493 e. The lowest BCUT2D eigenvalue weighted by molar-refractivity contribution is -0.353. The number of amides is 1. The number of ether oxygens (including phenoxy) is 9. The molecule has 2 aromatic carbocycles. The molecule has 6 rings (SSSR count). The Morgan fingerprint density at radius 1 is 0.803 bits per heavy atom. The first-order valence-corrected chi connectivity index (χ1v) is 20.6. The van der Waals surface area contributed by atoms with Crippen molar-refractivity contribution >= 4 is 23.5 Å². The zero-order chi connectivity index (χ0) is 43.8. The maximum atomic E-state index is 14.1. The van der Waals surface area contributed by atoms with Crippen LogP contribution < -0.4 is 14.8 Å². The van der Waals surface area contributed by atoms with Crippen LogP contribution in [0, 0.1) is 5.92 Å². The maximum absolute atomic E-state index is 14.1. The van der Waals surface area contributed by atoms with E-state index in [1.807, 2.05) is 0 Å². The van der Waals surface area contributed by atoms with Crippen molar-refractivity contribution in [3.63, 3.8) is 0 Å². The molecule has 1 aliphatic carbocycles. The molecule has 0 unspecified atom stereocenters. The van der Waals surface area contributed by atoms with Crippen molar-refractivity contribution in [2.45, 2.75) is 138 Å². The molecule has 0 aromatic heterocycles. The van der Waals surface area contributed by atoms with Crippen LogP contribution in [0.15, 0.2) is 48.5 Å². The standard InChI is InChI=1S/C42H57NO18/c1-21-30(45)32(47)33(48)41(56-21)61-34-26(16-17-55-36(34)38(49)43-24-14-15-25(53-2)27(19-24)54-3)58-42-37(60-40(52)23-12-8-5-9-13-23)35(31(46)29(20-44)59-42)57-28(39(50)51)18-22-10-6-4-7-11-22/h5,8-9,12-15,19,21-22,26,28-37,41-42,44-48H,4,6-7,10-11,16-18,20H2,1-3H3,(H,43,49)(H,50,51)/t21-,26+,28-,29+,30+,31-,32+,33-,34-,35-,36-,37+,41-,42+/m0/s1. The van der Waals surface area contributed by atoms with Gasteiger partial charge >= 0.3 is 11.9 Å². The number of aliphatic hydroxyl groups excluding tert-OH is 5. The van der Waals surface area contributed by atoms with E-state index in [0.717, 1.165) is 32.1 Å². The van der Waals surface area contributed by atoms with Gasteiger partial charge in [0.15, 0.2) is 42.4 Å². The van der Waals surface area contributed by atoms with Crippen LogP contribution in [0.25, 0.3) is 0 Å². The first-order valence-electron chi connectivity index (χ1n) is 20.6. The van der Waals surface area contributed by atoms with Crippen molar-refractivity contribution in [2.24, 2.45) is 5.92 Å². The van der Waals surface area contributed by atoms with Gasteiger partial charge in [0, 0.05) is 11.8 Å². The summed E-state index contributed by atoms with van der Waals surface area (Å²) in [6.07, 6.45) is -16.9. The summed E-state index contributed by atoms with van der Waals surface area (Å²) < 4.78 is 53.4. The molecule has 19 heteroatoms. The average molecular weight is 864 g/mol. The molecule has 3 saturated heterocycles. The molecule has 1 saturated carbocycles. The van der Waals surface area contributed by atoms with Crippen LogP contribution in [0.4, 0.5) is 5.69 Å². The van der Waals surface area contributed by atoms with E-state index in [9.17, 15) is 45.0 Å². The number of hydrogen-bond acceptors (Lipinski definition) is 17. The van der Waals surface area contributed by atoms with Gasteiger partial charge in [0.05, 0.1) is 45.2 Å². The zero-order valence-corrected chi connectivity index (χ0v) is 34.2. The van der Waals surface area contributed by atoms with E-state index in [1.165, 1.54) is 39.3 Å². The summed E-state index contributed by atoms with van der Waals surface area (Å²) in [5.41, 5.74) is 0.381. The van der Waals surface area contributed by atoms with E-state index in [0.29, 0.717) is 11.5 Å². The Balaban J connectivity index is 1.34. The highest BCUT2D eigenvalue weighted by Crippen LogP contribution is 2.36. The van der Waals surface area contributed by atoms with Gasteiger partial charge in [0.1, 0.15) is 42.7 Å². The summed E-state index contributed by atoms with van der Waals surface area (Å²) in [6.45, 7) is 0.546. The minimum atomic E-state index is -1.81. The van der Waals surface area contributed by atoms with E-state index >= 15 is 0 Å². The van der Waals surface area contributed by atoms with Gasteiger partial charge in [0.2, 0.25) is 0 Å². The van der Waals surface area contributed by atoms with Crippen molar-refractivity contribution in [1.29, 1.82) is 0 Å². The van der Waals surface area contributed by atoms with E-state index in [2.05, 4.69) is 5.32 Å². The van der Waals surface area contributed by atoms with Crippen molar-refractivity contribution in [2.75, 3.05) is 32.8 Å². The number of rotatable bonds is 16. The molecule has 7 N–H and O–H groups in total. The smallest absolute Gasteiger partial charge is 0.338 e. The van der Waals surface area contributed by atoms with Crippen molar-refractivity contribution in [3.05, 3.63) is 54.1 Å². The highest BCUT2D eigenvalue weighted by atomic mass is 16.8. The normalized spacial score (nSPS) is 33.9. The van der Waals surface area contributed by atoms with Crippen LogP contribution in [0.3, 0.4) is 0 Å². The van der Waals surface area contributed by atoms with Gasteiger partial charge in [-0.3, -0.25) is 4.79 Å². The van der Waals surface area contributed by atoms with E-state index in [1.54, 1.807) is 30.3 Å². The second kappa shape index (κ2) is 21.4. The topological polar surface area (TPSA) is 268 Å². The fourth-order valence-electron chi connectivity index (χ4n) is 8.20. The number of carboxylic acids is 1. The quantitative estimate of drug-likeness (QED) is 0.117. The summed E-state index contributed by atoms with van der Waals surface area (Å²) in [5.74, 6) is -2.21. The molecule has 3 aliphatic heterocycles. The highest BCUT2D eigenvalue weighted by molar-refractivity contribution is 5.95. The molecular weight excluding hydrogens is 806 g/mol. The molecule has 2 aromatic rings. The van der Waals surface area contributed by atoms with Gasteiger partial charge in [-0.2, -0.15) is 0 Å². The number of aliphatic carboxylic acids is 1. The summed E-state index contributed by atoms with van der Waals surface area (Å²) in [6, 6.07) is 12.5. The highest BCUT2D eigenvalue weighted by Gasteiger charge is 2.54. The monoisotopic (exact) mass is 863 g/mol. The molecular formula is C42H57NO18. The van der Waals surface area contributed by atoms with Gasteiger partial charge in [0.25, 0.3) is 5.91 Å². The van der Waals surface area contributed by atoms with Gasteiger partial charge in [-0.05, 0) is 49.9 Å². The lowest BCUT2D eigenvalue weighted by Gasteiger charge is -2.47. The van der Waals surface area contributed by atoms with Crippen LogP contribution in [0.5, 0.6) is 11.5 Å². The Labute approximate surface area is 352 Å². The molecule has 61 heavy (non-hydrogen) atoms. The maximum Gasteiger partial charge on any atom is 0.338 e. The summed E-state index contributed by atoms with van der Waals surface area (Å²) >= 11 is 0. The predicted molar refractivity (Wildman–Crippen MR) is 210 cm³/mol. The molecule has 0 spiro atoms. The van der Waals surface area contributed by atoms with Crippen LogP contribution in [0.1, 0.15) is 62.2 Å². The number of carboxylic acid groups (broad SMARTS) is 1. The lowest BCUT2D eigenvalue weighted by atomic mass is 9.85. The first kappa shape index (κ1) is 46.5. The Kier molecular flexibility index (Phi) is 16.3. The number of methoxy groups -OCH3 is 2. The second-order valence-electron chi connectivity index (χ2n) is 15.7. The molecule has 1 amide bonds. The zero-order valence-electron chi connectivity index (χ0n) is 34.2. The van der Waals surface area contributed by atoms with Crippen molar-refractivity contribution in [1.82, 2.24) is 0 Å². The predicted octanol–water partition coefficient (Wildman–Crippen LogP) is 1.14. The Bertz CT molecular complexity index is 1750. The molecule has 19 nitrogen and oxygen atoms in total. The first-order chi connectivity index (χ1) is 29.3. The molecule has 0 radical (unpaired) electrons. The number of carbonyl (C=O) groups is 3. The number of hydrogen-bond donors (Lipinski definition) is 7. The van der Waals surface area contributed by atoms with Crippen molar-refractivity contribution < 1.29 is 87.7 Å². The lowest BCUT2D eigenvalue weighted by Crippen LogP contribution is -2.65. The van der Waals surface area contributed by atoms with Gasteiger partial charge in [-0.1, -0.05) is 50.3 Å². The SMILES string of the molecule is COc1ccc(NC(=O)[C@H]2OCC[C@@H](O[C@@H]3O[C@H](CO)[C@H](O)[C@H](O[C@@H](CC4CCCCC4)C(=O)O)[C@H]3OC(=O)c3ccccc3)[C@@H]2O[C@@H]2O[C@@H](C)[C@@H](O)[C@@H](O)[C@@H]2O)cc1OC.